The molecule has 0 saturated carbocycles. The van der Waals surface area contributed by atoms with Crippen LogP contribution in [0, 0.1) is 5.92 Å². The highest BCUT2D eigenvalue weighted by atomic mass is 16.5. The van der Waals surface area contributed by atoms with Crippen LogP contribution in [0.15, 0.2) is 0 Å². The average Bonchev–Trinajstić information content (AvgIpc) is 3.01. The van der Waals surface area contributed by atoms with E-state index in [-0.39, 0.29) is 5.92 Å². The van der Waals surface area contributed by atoms with E-state index < -0.39 is 0 Å². The smallest absolute Gasteiger partial charge is 0.227 e. The Morgan fingerprint density at radius 3 is 2.61 bits per heavy atom. The molecule has 4 heteroatoms. The summed E-state index contributed by atoms with van der Waals surface area (Å²) in [6.45, 7) is 4.60. The van der Waals surface area contributed by atoms with Crippen LogP contribution in [0.2, 0.25) is 0 Å². The molecule has 3 aliphatic rings. The SMILES string of the molecule is CCOC1CCN(C(=O)C2CC3CCC2N3)CC1. The van der Waals surface area contributed by atoms with E-state index in [0.29, 0.717) is 24.1 Å². The summed E-state index contributed by atoms with van der Waals surface area (Å²) in [5, 5.41) is 3.55. The topological polar surface area (TPSA) is 41.6 Å². The zero-order valence-electron chi connectivity index (χ0n) is 11.2. The van der Waals surface area contributed by atoms with Crippen LogP contribution in [0.3, 0.4) is 0 Å². The van der Waals surface area contributed by atoms with Crippen LogP contribution in [0.1, 0.15) is 39.0 Å². The van der Waals surface area contributed by atoms with Crippen molar-refractivity contribution in [2.45, 2.75) is 57.2 Å². The van der Waals surface area contributed by atoms with Gasteiger partial charge in [-0.25, -0.2) is 0 Å². The van der Waals surface area contributed by atoms with E-state index in [1.165, 1.54) is 12.8 Å². The molecule has 3 atom stereocenters. The quantitative estimate of drug-likeness (QED) is 0.819. The van der Waals surface area contributed by atoms with Crippen LogP contribution >= 0.6 is 0 Å². The van der Waals surface area contributed by atoms with Crippen molar-refractivity contribution in [3.63, 3.8) is 0 Å². The third kappa shape index (κ3) is 2.28. The number of fused-ring (bicyclic) bond motifs is 2. The van der Waals surface area contributed by atoms with E-state index >= 15 is 0 Å². The number of piperidine rings is 1. The third-order valence-corrected chi connectivity index (χ3v) is 4.77. The summed E-state index contributed by atoms with van der Waals surface area (Å²) in [6.07, 6.45) is 5.91. The molecule has 0 aromatic heterocycles. The number of carbonyl (C=O) groups is 1. The van der Waals surface area contributed by atoms with Crippen LogP contribution in [0.4, 0.5) is 0 Å². The van der Waals surface area contributed by atoms with E-state index in [1.54, 1.807) is 0 Å². The first kappa shape index (κ1) is 12.4. The molecule has 3 aliphatic heterocycles. The number of hydrogen-bond acceptors (Lipinski definition) is 3. The molecule has 1 amide bonds. The van der Waals surface area contributed by atoms with Crippen molar-refractivity contribution < 1.29 is 9.53 Å². The second-order valence-electron chi connectivity index (χ2n) is 5.87. The molecule has 3 saturated heterocycles. The predicted octanol–water partition coefficient (Wildman–Crippen LogP) is 1.15. The second-order valence-corrected chi connectivity index (χ2v) is 5.87. The summed E-state index contributed by atoms with van der Waals surface area (Å²) in [5.74, 6) is 0.650. The fourth-order valence-electron chi connectivity index (χ4n) is 3.81. The van der Waals surface area contributed by atoms with Crippen LogP contribution in [0.25, 0.3) is 0 Å². The minimum Gasteiger partial charge on any atom is -0.378 e. The number of nitrogens with one attached hydrogen (secondary N) is 1. The molecule has 3 unspecified atom stereocenters. The van der Waals surface area contributed by atoms with Gasteiger partial charge in [0.05, 0.1) is 12.0 Å². The highest BCUT2D eigenvalue weighted by Crippen LogP contribution is 2.34. The number of carbonyl (C=O) groups excluding carboxylic acids is 1. The molecule has 102 valence electrons. The maximum Gasteiger partial charge on any atom is 0.227 e. The minimum absolute atomic E-state index is 0.257. The molecule has 18 heavy (non-hydrogen) atoms. The van der Waals surface area contributed by atoms with Crippen molar-refractivity contribution in [1.29, 1.82) is 0 Å². The fourth-order valence-corrected chi connectivity index (χ4v) is 3.81. The highest BCUT2D eigenvalue weighted by Gasteiger charge is 2.44. The van der Waals surface area contributed by atoms with Gasteiger partial charge >= 0.3 is 0 Å². The van der Waals surface area contributed by atoms with Crippen LogP contribution in [-0.2, 0) is 9.53 Å². The Labute approximate surface area is 109 Å². The van der Waals surface area contributed by atoms with Gasteiger partial charge in [-0.3, -0.25) is 4.79 Å². The van der Waals surface area contributed by atoms with E-state index in [4.69, 9.17) is 4.74 Å². The summed E-state index contributed by atoms with van der Waals surface area (Å²) in [4.78, 5) is 14.6. The lowest BCUT2D eigenvalue weighted by atomic mass is 9.87. The summed E-state index contributed by atoms with van der Waals surface area (Å²) in [6, 6.07) is 1.08. The Kier molecular flexibility index (Phi) is 3.57. The van der Waals surface area contributed by atoms with E-state index in [0.717, 1.165) is 39.0 Å². The maximum absolute atomic E-state index is 12.5. The fraction of sp³-hybridized carbons (Fsp3) is 0.929. The lowest BCUT2D eigenvalue weighted by Gasteiger charge is -2.34. The van der Waals surface area contributed by atoms with Gasteiger partial charge in [-0.05, 0) is 39.0 Å². The molecule has 0 aromatic rings. The van der Waals surface area contributed by atoms with Gasteiger partial charge < -0.3 is 15.0 Å². The Bertz CT molecular complexity index is 313. The van der Waals surface area contributed by atoms with Gasteiger partial charge in [-0.2, -0.15) is 0 Å². The van der Waals surface area contributed by atoms with Gasteiger partial charge in [0.1, 0.15) is 0 Å². The standard InChI is InChI=1S/C14H24N2O2/c1-2-18-11-5-7-16(8-6-11)14(17)12-9-10-3-4-13(12)15-10/h10-13,15H,2-9H2,1H3. The summed E-state index contributed by atoms with van der Waals surface area (Å²) >= 11 is 0. The number of ether oxygens (including phenoxy) is 1. The number of amides is 1. The summed E-state index contributed by atoms with van der Waals surface area (Å²) < 4.78 is 5.64. The van der Waals surface area contributed by atoms with E-state index in [1.807, 2.05) is 6.92 Å². The molecule has 4 nitrogen and oxygen atoms in total. The van der Waals surface area contributed by atoms with Crippen molar-refractivity contribution >= 4 is 5.91 Å². The second kappa shape index (κ2) is 5.17. The zero-order chi connectivity index (χ0) is 12.5. The van der Waals surface area contributed by atoms with Crippen molar-refractivity contribution in [1.82, 2.24) is 10.2 Å². The van der Waals surface area contributed by atoms with Gasteiger partial charge in [-0.15, -0.1) is 0 Å². The third-order valence-electron chi connectivity index (χ3n) is 4.77. The molecular weight excluding hydrogens is 228 g/mol. The molecule has 0 radical (unpaired) electrons. The lowest BCUT2D eigenvalue weighted by molar-refractivity contribution is -0.138. The van der Waals surface area contributed by atoms with Gasteiger partial charge in [0.2, 0.25) is 5.91 Å². The molecular formula is C14H24N2O2. The minimum atomic E-state index is 0.257. The summed E-state index contributed by atoms with van der Waals surface area (Å²) in [7, 11) is 0. The maximum atomic E-state index is 12.5. The molecule has 0 aliphatic carbocycles. The van der Waals surface area contributed by atoms with Gasteiger partial charge in [0.25, 0.3) is 0 Å². The molecule has 0 spiro atoms. The van der Waals surface area contributed by atoms with Gasteiger partial charge in [0.15, 0.2) is 0 Å². The molecule has 3 rings (SSSR count). The molecule has 3 fully saturated rings. The number of rotatable bonds is 3. The monoisotopic (exact) mass is 252 g/mol. The lowest BCUT2D eigenvalue weighted by Crippen LogP contribution is -2.46. The van der Waals surface area contributed by atoms with Gasteiger partial charge in [0, 0.05) is 31.8 Å². The highest BCUT2D eigenvalue weighted by molar-refractivity contribution is 5.80. The van der Waals surface area contributed by atoms with Crippen molar-refractivity contribution in [2.75, 3.05) is 19.7 Å². The van der Waals surface area contributed by atoms with Crippen molar-refractivity contribution in [3.8, 4) is 0 Å². The Morgan fingerprint density at radius 2 is 2.06 bits per heavy atom. The van der Waals surface area contributed by atoms with E-state index in [2.05, 4.69) is 10.2 Å². The van der Waals surface area contributed by atoms with Crippen LogP contribution in [-0.4, -0.2) is 48.7 Å². The predicted molar refractivity (Wildman–Crippen MR) is 69.3 cm³/mol. The van der Waals surface area contributed by atoms with Crippen molar-refractivity contribution in [2.24, 2.45) is 5.92 Å². The summed E-state index contributed by atoms with van der Waals surface area (Å²) in [5.41, 5.74) is 0. The molecule has 2 bridgehead atoms. The largest absolute Gasteiger partial charge is 0.378 e. The molecule has 3 heterocycles. The first-order valence-electron chi connectivity index (χ1n) is 7.44. The first-order chi connectivity index (χ1) is 8.78. The van der Waals surface area contributed by atoms with Crippen molar-refractivity contribution in [3.05, 3.63) is 0 Å². The Morgan fingerprint density at radius 1 is 1.28 bits per heavy atom. The zero-order valence-corrected chi connectivity index (χ0v) is 11.2. The number of hydrogen-bond donors (Lipinski definition) is 1. The van der Waals surface area contributed by atoms with Crippen LogP contribution in [0.5, 0.6) is 0 Å². The molecule has 0 aromatic carbocycles. The Hall–Kier alpha value is -0.610. The number of likely N-dealkylation sites (tertiary alicyclic amines) is 1. The average molecular weight is 252 g/mol. The van der Waals surface area contributed by atoms with E-state index in [9.17, 15) is 4.79 Å². The molecule has 1 N–H and O–H groups in total. The van der Waals surface area contributed by atoms with Crippen LogP contribution < -0.4 is 5.32 Å². The number of nitrogens with zero attached hydrogens (tertiary/aromatic N) is 1. The normalized spacial score (nSPS) is 36.3. The first-order valence-corrected chi connectivity index (χ1v) is 7.44. The Balaban J connectivity index is 1.52. The van der Waals surface area contributed by atoms with Gasteiger partial charge in [-0.1, -0.05) is 0 Å².